The van der Waals surface area contributed by atoms with E-state index >= 15 is 0 Å². The Balaban J connectivity index is 1.97. The number of hydrogen-bond donors (Lipinski definition) is 2. The maximum atomic E-state index is 12.1. The summed E-state index contributed by atoms with van der Waals surface area (Å²) in [5.41, 5.74) is 0.789. The maximum absolute atomic E-state index is 12.1. The van der Waals surface area contributed by atoms with Crippen LogP contribution in [0.1, 0.15) is 19.8 Å². The van der Waals surface area contributed by atoms with Gasteiger partial charge in [0.25, 0.3) is 0 Å². The minimum Gasteiger partial charge on any atom is -0.497 e. The molecule has 0 aromatic heterocycles. The van der Waals surface area contributed by atoms with E-state index in [4.69, 9.17) is 4.74 Å². The second-order valence-electron chi connectivity index (χ2n) is 5.01. The molecule has 21 heavy (non-hydrogen) atoms. The van der Waals surface area contributed by atoms with Crippen molar-refractivity contribution >= 4 is 17.6 Å². The molecule has 0 bridgehead atoms. The lowest BCUT2D eigenvalue weighted by atomic mass is 10.2. The summed E-state index contributed by atoms with van der Waals surface area (Å²) in [6.45, 7) is 3.10. The number of nitrogens with one attached hydrogen (secondary N) is 2. The van der Waals surface area contributed by atoms with Gasteiger partial charge in [-0.15, -0.1) is 0 Å². The molecule has 1 aromatic rings. The first-order valence-electron chi connectivity index (χ1n) is 7.12. The molecular formula is C15H21N3O3. The van der Waals surface area contributed by atoms with E-state index in [-0.39, 0.29) is 18.0 Å². The number of carbonyl (C=O) groups excluding carboxylic acids is 2. The molecule has 1 atom stereocenters. The lowest BCUT2D eigenvalue weighted by Gasteiger charge is -2.18. The van der Waals surface area contributed by atoms with Crippen LogP contribution in [0.4, 0.5) is 10.5 Å². The Kier molecular flexibility index (Phi) is 5.03. The second kappa shape index (κ2) is 6.97. The molecule has 2 N–H and O–H groups in total. The van der Waals surface area contributed by atoms with E-state index in [2.05, 4.69) is 10.6 Å². The largest absolute Gasteiger partial charge is 0.497 e. The Morgan fingerprint density at radius 2 is 2.29 bits per heavy atom. The summed E-state index contributed by atoms with van der Waals surface area (Å²) in [6, 6.07) is 6.97. The standard InChI is InChI=1S/C15H21N3O3/c1-3-7-16-15(20)17-11-8-14(19)18(10-11)12-5-4-6-13(9-12)21-2/h4-6,9,11H,3,7-8,10H2,1-2H3,(H2,16,17,20)/t11-/m1/s1. The van der Waals surface area contributed by atoms with Gasteiger partial charge < -0.3 is 20.3 Å². The van der Waals surface area contributed by atoms with E-state index in [1.807, 2.05) is 31.2 Å². The monoisotopic (exact) mass is 291 g/mol. The van der Waals surface area contributed by atoms with E-state index in [9.17, 15) is 9.59 Å². The van der Waals surface area contributed by atoms with Gasteiger partial charge in [0.2, 0.25) is 5.91 Å². The van der Waals surface area contributed by atoms with Crippen molar-refractivity contribution < 1.29 is 14.3 Å². The third-order valence-corrected chi connectivity index (χ3v) is 3.36. The molecule has 0 aliphatic carbocycles. The highest BCUT2D eigenvalue weighted by Gasteiger charge is 2.31. The third-order valence-electron chi connectivity index (χ3n) is 3.36. The molecule has 114 valence electrons. The summed E-state index contributed by atoms with van der Waals surface area (Å²) in [5, 5.41) is 5.58. The Morgan fingerprint density at radius 1 is 1.48 bits per heavy atom. The van der Waals surface area contributed by atoms with Crippen LogP contribution >= 0.6 is 0 Å². The van der Waals surface area contributed by atoms with Crippen LogP contribution in [0, 0.1) is 0 Å². The Labute approximate surface area is 124 Å². The van der Waals surface area contributed by atoms with Crippen molar-refractivity contribution in [1.29, 1.82) is 0 Å². The normalized spacial score (nSPS) is 17.7. The van der Waals surface area contributed by atoms with Gasteiger partial charge in [0.15, 0.2) is 0 Å². The van der Waals surface area contributed by atoms with Crippen LogP contribution in [0.15, 0.2) is 24.3 Å². The van der Waals surface area contributed by atoms with Crippen molar-refractivity contribution in [3.8, 4) is 5.75 Å². The van der Waals surface area contributed by atoms with Gasteiger partial charge in [0, 0.05) is 31.3 Å². The zero-order chi connectivity index (χ0) is 15.2. The number of methoxy groups -OCH3 is 1. The number of urea groups is 1. The fourth-order valence-electron chi connectivity index (χ4n) is 2.31. The zero-order valence-electron chi connectivity index (χ0n) is 12.4. The highest BCUT2D eigenvalue weighted by Crippen LogP contribution is 2.25. The van der Waals surface area contributed by atoms with Crippen molar-refractivity contribution in [1.82, 2.24) is 10.6 Å². The fraction of sp³-hybridized carbons (Fsp3) is 0.467. The maximum Gasteiger partial charge on any atom is 0.315 e. The number of hydrogen-bond acceptors (Lipinski definition) is 3. The minimum absolute atomic E-state index is 0.00374. The topological polar surface area (TPSA) is 70.7 Å². The van der Waals surface area contributed by atoms with E-state index in [0.717, 1.165) is 12.1 Å². The van der Waals surface area contributed by atoms with Crippen LogP contribution in [0.25, 0.3) is 0 Å². The fourth-order valence-corrected chi connectivity index (χ4v) is 2.31. The number of amides is 3. The lowest BCUT2D eigenvalue weighted by Crippen LogP contribution is -2.43. The number of anilines is 1. The quantitative estimate of drug-likeness (QED) is 0.864. The van der Waals surface area contributed by atoms with Gasteiger partial charge in [-0.25, -0.2) is 4.79 Å². The van der Waals surface area contributed by atoms with Gasteiger partial charge >= 0.3 is 6.03 Å². The zero-order valence-corrected chi connectivity index (χ0v) is 12.4. The molecule has 1 saturated heterocycles. The first kappa shape index (κ1) is 15.2. The summed E-state index contributed by atoms with van der Waals surface area (Å²) in [4.78, 5) is 25.4. The number of nitrogens with zero attached hydrogens (tertiary/aromatic N) is 1. The van der Waals surface area contributed by atoms with Crippen LogP contribution in [-0.4, -0.2) is 38.2 Å². The van der Waals surface area contributed by atoms with Gasteiger partial charge in [-0.05, 0) is 18.6 Å². The summed E-state index contributed by atoms with van der Waals surface area (Å²) in [6.07, 6.45) is 1.20. The van der Waals surface area contributed by atoms with E-state index in [1.54, 1.807) is 12.0 Å². The predicted molar refractivity (Wildman–Crippen MR) is 80.6 cm³/mol. The van der Waals surface area contributed by atoms with E-state index in [1.165, 1.54) is 0 Å². The van der Waals surface area contributed by atoms with Crippen LogP contribution in [0.3, 0.4) is 0 Å². The molecule has 1 heterocycles. The van der Waals surface area contributed by atoms with Crippen molar-refractivity contribution in [3.63, 3.8) is 0 Å². The van der Waals surface area contributed by atoms with Crippen molar-refractivity contribution in [3.05, 3.63) is 24.3 Å². The Hall–Kier alpha value is -2.24. The number of benzene rings is 1. The smallest absolute Gasteiger partial charge is 0.315 e. The second-order valence-corrected chi connectivity index (χ2v) is 5.01. The first-order valence-corrected chi connectivity index (χ1v) is 7.12. The SMILES string of the molecule is CCCNC(=O)N[C@@H]1CC(=O)N(c2cccc(OC)c2)C1. The van der Waals surface area contributed by atoms with Crippen LogP contribution < -0.4 is 20.3 Å². The lowest BCUT2D eigenvalue weighted by molar-refractivity contribution is -0.117. The molecule has 0 spiro atoms. The molecule has 1 aromatic carbocycles. The molecule has 1 aliphatic rings. The van der Waals surface area contributed by atoms with Gasteiger partial charge in [-0.1, -0.05) is 13.0 Å². The summed E-state index contributed by atoms with van der Waals surface area (Å²) < 4.78 is 5.17. The Morgan fingerprint density at radius 3 is 3.00 bits per heavy atom. The molecule has 1 fully saturated rings. The van der Waals surface area contributed by atoms with Gasteiger partial charge in [-0.2, -0.15) is 0 Å². The molecule has 0 saturated carbocycles. The average Bonchev–Trinajstić information content (AvgIpc) is 2.85. The highest BCUT2D eigenvalue weighted by atomic mass is 16.5. The predicted octanol–water partition coefficient (Wildman–Crippen LogP) is 1.51. The summed E-state index contributed by atoms with van der Waals surface area (Å²) in [5.74, 6) is 0.710. The number of carbonyl (C=O) groups is 2. The summed E-state index contributed by atoms with van der Waals surface area (Å²) in [7, 11) is 1.59. The average molecular weight is 291 g/mol. The van der Waals surface area contributed by atoms with Crippen LogP contribution in [0.5, 0.6) is 5.75 Å². The summed E-state index contributed by atoms with van der Waals surface area (Å²) >= 11 is 0. The minimum atomic E-state index is -0.220. The van der Waals surface area contributed by atoms with E-state index < -0.39 is 0 Å². The van der Waals surface area contributed by atoms with Gasteiger partial charge in [-0.3, -0.25) is 4.79 Å². The molecule has 2 rings (SSSR count). The van der Waals surface area contributed by atoms with Gasteiger partial charge in [0.05, 0.1) is 13.2 Å². The first-order chi connectivity index (χ1) is 10.1. The molecule has 6 heteroatoms. The van der Waals surface area contributed by atoms with Crippen LogP contribution in [-0.2, 0) is 4.79 Å². The molecular weight excluding hydrogens is 270 g/mol. The molecule has 0 unspecified atom stereocenters. The molecule has 1 aliphatic heterocycles. The van der Waals surface area contributed by atoms with Crippen LogP contribution in [0.2, 0.25) is 0 Å². The number of ether oxygens (including phenoxy) is 1. The van der Waals surface area contributed by atoms with Gasteiger partial charge in [0.1, 0.15) is 5.75 Å². The van der Waals surface area contributed by atoms with Crippen molar-refractivity contribution in [2.75, 3.05) is 25.1 Å². The number of rotatable bonds is 5. The molecule has 3 amide bonds. The molecule has 0 radical (unpaired) electrons. The Bertz CT molecular complexity index is 519. The highest BCUT2D eigenvalue weighted by molar-refractivity contribution is 5.97. The van der Waals surface area contributed by atoms with Crippen molar-refractivity contribution in [2.24, 2.45) is 0 Å². The molecule has 6 nitrogen and oxygen atoms in total. The third kappa shape index (κ3) is 3.87. The van der Waals surface area contributed by atoms with E-state index in [0.29, 0.717) is 25.3 Å². The van der Waals surface area contributed by atoms with Crippen molar-refractivity contribution in [2.45, 2.75) is 25.8 Å².